The Kier molecular flexibility index (Phi) is 7.03. The molecule has 0 saturated carbocycles. The van der Waals surface area contributed by atoms with E-state index >= 15 is 0 Å². The third-order valence-electron chi connectivity index (χ3n) is 3.05. The lowest BCUT2D eigenvalue weighted by Crippen LogP contribution is -2.33. The smallest absolute Gasteiger partial charge is 0.320 e. The van der Waals surface area contributed by atoms with E-state index in [0.29, 0.717) is 0 Å². The Morgan fingerprint density at radius 3 is 2.05 bits per heavy atom. The first-order chi connectivity index (χ1) is 10.2. The number of ether oxygens (including phenoxy) is 2. The third-order valence-corrected chi connectivity index (χ3v) is 3.05. The van der Waals surface area contributed by atoms with Gasteiger partial charge in [0.2, 0.25) is 0 Å². The van der Waals surface area contributed by atoms with Crippen LogP contribution in [0.2, 0.25) is 0 Å². The average Bonchev–Trinajstić information content (AvgIpc) is 2.48. The van der Waals surface area contributed by atoms with Gasteiger partial charge in [0.25, 0.3) is 0 Å². The van der Waals surface area contributed by atoms with Crippen LogP contribution in [-0.4, -0.2) is 25.2 Å². The lowest BCUT2D eigenvalue weighted by Gasteiger charge is -2.23. The van der Waals surface area contributed by atoms with Gasteiger partial charge in [0, 0.05) is 12.3 Å². The van der Waals surface area contributed by atoms with Crippen LogP contribution >= 0.6 is 0 Å². The van der Waals surface area contributed by atoms with Crippen LogP contribution in [0.4, 0.5) is 0 Å². The van der Waals surface area contributed by atoms with Gasteiger partial charge < -0.3 is 9.47 Å². The van der Waals surface area contributed by atoms with E-state index in [1.165, 1.54) is 0 Å². The summed E-state index contributed by atoms with van der Waals surface area (Å²) < 4.78 is 10.0. The van der Waals surface area contributed by atoms with Crippen molar-refractivity contribution in [1.82, 2.24) is 0 Å². The van der Waals surface area contributed by atoms with Crippen molar-refractivity contribution in [3.63, 3.8) is 0 Å². The summed E-state index contributed by atoms with van der Waals surface area (Å²) >= 11 is 0. The lowest BCUT2D eigenvalue weighted by molar-refractivity contribution is -0.162. The van der Waals surface area contributed by atoms with Crippen LogP contribution in [-0.2, 0) is 19.1 Å². The van der Waals surface area contributed by atoms with Crippen LogP contribution < -0.4 is 0 Å². The molecular formula is C17H20O4. The highest BCUT2D eigenvalue weighted by Gasteiger charge is 2.37. The second kappa shape index (κ2) is 8.80. The molecule has 0 aliphatic rings. The lowest BCUT2D eigenvalue weighted by atomic mass is 9.83. The van der Waals surface area contributed by atoms with Gasteiger partial charge in [-0.05, 0) is 19.4 Å². The van der Waals surface area contributed by atoms with E-state index in [0.717, 1.165) is 5.56 Å². The number of rotatable bonds is 7. The molecule has 0 amide bonds. The van der Waals surface area contributed by atoms with E-state index in [1.807, 2.05) is 30.3 Å². The zero-order valence-electron chi connectivity index (χ0n) is 12.4. The largest absolute Gasteiger partial charge is 0.465 e. The van der Waals surface area contributed by atoms with Crippen molar-refractivity contribution in [2.24, 2.45) is 5.92 Å². The van der Waals surface area contributed by atoms with Crippen molar-refractivity contribution in [1.29, 1.82) is 0 Å². The summed E-state index contributed by atoms with van der Waals surface area (Å²) in [6.45, 7) is 3.79. The summed E-state index contributed by atoms with van der Waals surface area (Å²) in [6.07, 6.45) is 5.65. The maximum absolute atomic E-state index is 12.2. The molecule has 0 fully saturated rings. The van der Waals surface area contributed by atoms with E-state index in [-0.39, 0.29) is 19.6 Å². The molecule has 0 radical (unpaired) electrons. The van der Waals surface area contributed by atoms with Gasteiger partial charge in [-0.2, -0.15) is 0 Å². The van der Waals surface area contributed by atoms with Crippen LogP contribution in [0.15, 0.2) is 30.3 Å². The number of hydrogen-bond acceptors (Lipinski definition) is 4. The fraction of sp³-hybridized carbons (Fsp3) is 0.412. The summed E-state index contributed by atoms with van der Waals surface area (Å²) in [5.41, 5.74) is 0.821. The van der Waals surface area contributed by atoms with Crippen LogP contribution in [0.1, 0.15) is 31.7 Å². The maximum Gasteiger partial charge on any atom is 0.320 e. The summed E-state index contributed by atoms with van der Waals surface area (Å²) in [5.74, 6) is -0.157. The average molecular weight is 288 g/mol. The van der Waals surface area contributed by atoms with Crippen molar-refractivity contribution < 1.29 is 19.1 Å². The molecule has 0 spiro atoms. The number of esters is 2. The van der Waals surface area contributed by atoms with Gasteiger partial charge in [-0.1, -0.05) is 30.3 Å². The minimum atomic E-state index is -1.04. The van der Waals surface area contributed by atoms with Crippen LogP contribution in [0.25, 0.3) is 0 Å². The molecule has 4 nitrogen and oxygen atoms in total. The molecule has 0 N–H and O–H groups in total. The molecule has 1 aromatic rings. The molecule has 0 aliphatic carbocycles. The van der Waals surface area contributed by atoms with Gasteiger partial charge in [-0.15, -0.1) is 12.3 Å². The van der Waals surface area contributed by atoms with E-state index in [9.17, 15) is 9.59 Å². The Morgan fingerprint density at radius 1 is 1.10 bits per heavy atom. The SMILES string of the molecule is C#CC[C@@H](c1ccccc1)C(C(=O)OCC)C(=O)OCC. The Hall–Kier alpha value is -2.28. The molecule has 0 saturated heterocycles. The number of hydrogen-bond donors (Lipinski definition) is 0. The van der Waals surface area contributed by atoms with Crippen LogP contribution in [0, 0.1) is 18.3 Å². The molecule has 0 bridgehead atoms. The standard InChI is InChI=1S/C17H20O4/c1-4-10-14(13-11-8-7-9-12-13)15(16(18)20-5-2)17(19)21-6-3/h1,7-9,11-12,14-15H,5-6,10H2,2-3H3/t14-/m0/s1. The molecule has 21 heavy (non-hydrogen) atoms. The first kappa shape index (κ1) is 16.8. The molecule has 0 aliphatic heterocycles. The predicted octanol–water partition coefficient (Wildman–Crippen LogP) is 2.54. The minimum absolute atomic E-state index is 0.201. The molecule has 1 rings (SSSR count). The van der Waals surface area contributed by atoms with Gasteiger partial charge in [-0.3, -0.25) is 9.59 Å². The van der Waals surface area contributed by atoms with Gasteiger partial charge in [0.15, 0.2) is 5.92 Å². The van der Waals surface area contributed by atoms with Gasteiger partial charge in [-0.25, -0.2) is 0 Å². The van der Waals surface area contributed by atoms with Gasteiger partial charge >= 0.3 is 11.9 Å². The Bertz CT molecular complexity index is 483. The van der Waals surface area contributed by atoms with Crippen molar-refractivity contribution in [2.45, 2.75) is 26.2 Å². The molecule has 0 heterocycles. The van der Waals surface area contributed by atoms with Gasteiger partial charge in [0.1, 0.15) is 0 Å². The fourth-order valence-corrected chi connectivity index (χ4v) is 2.14. The molecule has 0 aromatic heterocycles. The van der Waals surface area contributed by atoms with Crippen LogP contribution in [0.3, 0.4) is 0 Å². The van der Waals surface area contributed by atoms with Crippen molar-refractivity contribution >= 4 is 11.9 Å². The summed E-state index contributed by atoms with van der Waals surface area (Å²) in [5, 5.41) is 0. The zero-order chi connectivity index (χ0) is 15.7. The van der Waals surface area contributed by atoms with E-state index in [1.54, 1.807) is 13.8 Å². The predicted molar refractivity (Wildman–Crippen MR) is 79.4 cm³/mol. The normalized spacial score (nSPS) is 11.5. The van der Waals surface area contributed by atoms with Gasteiger partial charge in [0.05, 0.1) is 13.2 Å². The number of carbonyl (C=O) groups is 2. The number of benzene rings is 1. The maximum atomic E-state index is 12.2. The molecule has 1 atom stereocenters. The van der Waals surface area contributed by atoms with Crippen molar-refractivity contribution in [3.8, 4) is 12.3 Å². The monoisotopic (exact) mass is 288 g/mol. The fourth-order valence-electron chi connectivity index (χ4n) is 2.14. The Balaban J connectivity index is 3.14. The highest BCUT2D eigenvalue weighted by molar-refractivity contribution is 5.96. The molecule has 4 heteroatoms. The summed E-state index contributed by atoms with van der Waals surface area (Å²) in [4.78, 5) is 24.3. The highest BCUT2D eigenvalue weighted by Crippen LogP contribution is 2.30. The number of carbonyl (C=O) groups excluding carboxylic acids is 2. The molecule has 112 valence electrons. The first-order valence-electron chi connectivity index (χ1n) is 6.97. The van der Waals surface area contributed by atoms with Crippen LogP contribution in [0.5, 0.6) is 0 Å². The molecule has 1 aromatic carbocycles. The third kappa shape index (κ3) is 4.64. The molecular weight excluding hydrogens is 268 g/mol. The number of terminal acetylenes is 1. The van der Waals surface area contributed by atoms with Crippen molar-refractivity contribution in [3.05, 3.63) is 35.9 Å². The topological polar surface area (TPSA) is 52.6 Å². The quantitative estimate of drug-likeness (QED) is 0.439. The van der Waals surface area contributed by atoms with E-state index in [4.69, 9.17) is 15.9 Å². The minimum Gasteiger partial charge on any atom is -0.465 e. The zero-order valence-corrected chi connectivity index (χ0v) is 12.4. The second-order valence-corrected chi connectivity index (χ2v) is 4.41. The highest BCUT2D eigenvalue weighted by atomic mass is 16.6. The first-order valence-corrected chi connectivity index (χ1v) is 6.97. The molecule has 0 unspecified atom stereocenters. The van der Waals surface area contributed by atoms with Crippen molar-refractivity contribution in [2.75, 3.05) is 13.2 Å². The van der Waals surface area contributed by atoms with E-state index in [2.05, 4.69) is 5.92 Å². The summed E-state index contributed by atoms with van der Waals surface area (Å²) in [6, 6.07) is 9.22. The summed E-state index contributed by atoms with van der Waals surface area (Å²) in [7, 11) is 0. The van der Waals surface area contributed by atoms with E-state index < -0.39 is 23.8 Å². The Morgan fingerprint density at radius 2 is 1.62 bits per heavy atom. The second-order valence-electron chi connectivity index (χ2n) is 4.41. The Labute approximate surface area is 125 Å².